The van der Waals surface area contributed by atoms with Crippen LogP contribution in [-0.4, -0.2) is 46.6 Å². The van der Waals surface area contributed by atoms with E-state index in [2.05, 4.69) is 5.32 Å². The van der Waals surface area contributed by atoms with E-state index in [1.54, 1.807) is 4.90 Å². The number of carboxylic acid groups (broad SMARTS) is 1. The number of carbonyl (C=O) groups is 2. The predicted molar refractivity (Wildman–Crippen MR) is 64.7 cm³/mol. The first-order valence-corrected chi connectivity index (χ1v) is 6.13. The van der Waals surface area contributed by atoms with E-state index >= 15 is 0 Å². The molecule has 0 radical (unpaired) electrons. The first-order chi connectivity index (χ1) is 7.85. The second-order valence-electron chi connectivity index (χ2n) is 5.25. The quantitative estimate of drug-likeness (QED) is 0.749. The van der Waals surface area contributed by atoms with Gasteiger partial charge >= 0.3 is 5.97 Å². The number of carbonyl (C=O) groups excluding carboxylic acids is 1. The summed E-state index contributed by atoms with van der Waals surface area (Å²) in [4.78, 5) is 24.5. The van der Waals surface area contributed by atoms with Crippen LogP contribution >= 0.6 is 0 Å². The zero-order valence-corrected chi connectivity index (χ0v) is 10.8. The summed E-state index contributed by atoms with van der Waals surface area (Å²) in [5.41, 5.74) is -0.227. The molecule has 1 fully saturated rings. The normalized spacial score (nSPS) is 21.5. The summed E-state index contributed by atoms with van der Waals surface area (Å²) in [7, 11) is 0. The van der Waals surface area contributed by atoms with Gasteiger partial charge in [0.2, 0.25) is 5.91 Å². The molecule has 1 rings (SSSR count). The summed E-state index contributed by atoms with van der Waals surface area (Å²) in [6, 6.07) is -0.495. The largest absolute Gasteiger partial charge is 0.480 e. The average molecular weight is 242 g/mol. The van der Waals surface area contributed by atoms with Gasteiger partial charge in [0.15, 0.2) is 0 Å². The zero-order chi connectivity index (χ0) is 13.1. The highest BCUT2D eigenvalue weighted by atomic mass is 16.4. The zero-order valence-electron chi connectivity index (χ0n) is 10.8. The van der Waals surface area contributed by atoms with E-state index in [0.29, 0.717) is 13.0 Å². The van der Waals surface area contributed by atoms with E-state index in [1.165, 1.54) is 0 Å². The van der Waals surface area contributed by atoms with Gasteiger partial charge in [-0.05, 0) is 39.7 Å². The molecule has 98 valence electrons. The van der Waals surface area contributed by atoms with Crippen LogP contribution < -0.4 is 5.32 Å². The molecule has 0 aliphatic carbocycles. The number of likely N-dealkylation sites (tertiary alicyclic amines) is 1. The lowest BCUT2D eigenvalue weighted by Gasteiger charge is -2.27. The molecule has 0 aromatic carbocycles. The Balaban J connectivity index is 2.48. The van der Waals surface area contributed by atoms with Gasteiger partial charge in [0.05, 0.1) is 6.54 Å². The van der Waals surface area contributed by atoms with Crippen LogP contribution in [-0.2, 0) is 9.59 Å². The number of hydrogen-bond donors (Lipinski definition) is 2. The van der Waals surface area contributed by atoms with Crippen molar-refractivity contribution in [1.29, 1.82) is 0 Å². The van der Waals surface area contributed by atoms with Crippen LogP contribution in [0.2, 0.25) is 0 Å². The van der Waals surface area contributed by atoms with E-state index < -0.39 is 12.0 Å². The Labute approximate surface area is 102 Å². The molecule has 0 aromatic rings. The average Bonchev–Trinajstić information content (AvgIpc) is 2.65. The van der Waals surface area contributed by atoms with Crippen molar-refractivity contribution in [3.63, 3.8) is 0 Å². The summed E-state index contributed by atoms with van der Waals surface area (Å²) < 4.78 is 0. The second kappa shape index (κ2) is 5.49. The van der Waals surface area contributed by atoms with E-state index in [0.717, 1.165) is 12.8 Å². The molecule has 1 aliphatic heterocycles. The van der Waals surface area contributed by atoms with Gasteiger partial charge in [-0.15, -0.1) is 0 Å². The van der Waals surface area contributed by atoms with Crippen LogP contribution in [0.3, 0.4) is 0 Å². The molecule has 17 heavy (non-hydrogen) atoms. The number of aliphatic carboxylic acids is 1. The summed E-state index contributed by atoms with van der Waals surface area (Å²) in [5, 5.41) is 11.9. The lowest BCUT2D eigenvalue weighted by Crippen LogP contribution is -2.49. The number of nitrogens with zero attached hydrogens (tertiary/aromatic N) is 1. The Bertz CT molecular complexity index is 302. The number of carboxylic acids is 1. The number of hydrogen-bond acceptors (Lipinski definition) is 3. The third-order valence-electron chi connectivity index (χ3n) is 3.36. The van der Waals surface area contributed by atoms with Gasteiger partial charge in [0, 0.05) is 5.54 Å². The molecule has 1 heterocycles. The van der Waals surface area contributed by atoms with E-state index in [4.69, 9.17) is 5.11 Å². The van der Waals surface area contributed by atoms with Crippen LogP contribution in [0.4, 0.5) is 0 Å². The van der Waals surface area contributed by atoms with Crippen molar-refractivity contribution >= 4 is 11.9 Å². The smallest absolute Gasteiger partial charge is 0.320 e. The topological polar surface area (TPSA) is 69.6 Å². The highest BCUT2D eigenvalue weighted by Crippen LogP contribution is 2.17. The molecule has 0 saturated carbocycles. The van der Waals surface area contributed by atoms with Crippen LogP contribution in [0.5, 0.6) is 0 Å². The van der Waals surface area contributed by atoms with Crippen LogP contribution in [0.15, 0.2) is 0 Å². The molecular weight excluding hydrogens is 220 g/mol. The summed E-state index contributed by atoms with van der Waals surface area (Å²) in [5.74, 6) is -0.921. The monoisotopic (exact) mass is 242 g/mol. The number of nitrogens with one attached hydrogen (secondary N) is 1. The molecule has 0 bridgehead atoms. The van der Waals surface area contributed by atoms with Crippen LogP contribution in [0.25, 0.3) is 0 Å². The Morgan fingerprint density at radius 2 is 2.12 bits per heavy atom. The van der Waals surface area contributed by atoms with E-state index in [9.17, 15) is 9.59 Å². The highest BCUT2D eigenvalue weighted by Gasteiger charge is 2.32. The SMILES string of the molecule is CCC(C)(C)NC(=O)CN1CCC[C@H]1C(=O)O. The van der Waals surface area contributed by atoms with Crippen LogP contribution in [0, 0.1) is 0 Å². The fourth-order valence-corrected chi connectivity index (χ4v) is 1.98. The molecule has 0 unspecified atom stereocenters. The van der Waals surface area contributed by atoms with Gasteiger partial charge < -0.3 is 10.4 Å². The number of amides is 1. The van der Waals surface area contributed by atoms with Crippen molar-refractivity contribution in [2.45, 2.75) is 51.6 Å². The molecule has 2 N–H and O–H groups in total. The minimum Gasteiger partial charge on any atom is -0.480 e. The highest BCUT2D eigenvalue weighted by molar-refractivity contribution is 5.80. The van der Waals surface area contributed by atoms with Crippen molar-refractivity contribution in [2.24, 2.45) is 0 Å². The van der Waals surface area contributed by atoms with Gasteiger partial charge in [-0.25, -0.2) is 0 Å². The van der Waals surface area contributed by atoms with Crippen molar-refractivity contribution in [2.75, 3.05) is 13.1 Å². The van der Waals surface area contributed by atoms with Crippen molar-refractivity contribution < 1.29 is 14.7 Å². The van der Waals surface area contributed by atoms with Crippen molar-refractivity contribution in [3.05, 3.63) is 0 Å². The maximum atomic E-state index is 11.8. The second-order valence-corrected chi connectivity index (χ2v) is 5.25. The Hall–Kier alpha value is -1.10. The Kier molecular flexibility index (Phi) is 4.51. The predicted octanol–water partition coefficient (Wildman–Crippen LogP) is 0.840. The third kappa shape index (κ3) is 4.00. The fourth-order valence-electron chi connectivity index (χ4n) is 1.98. The number of rotatable bonds is 5. The molecule has 5 nitrogen and oxygen atoms in total. The standard InChI is InChI=1S/C12H22N2O3/c1-4-12(2,3)13-10(15)8-14-7-5-6-9(14)11(16)17/h9H,4-8H2,1-3H3,(H,13,15)(H,16,17)/t9-/m0/s1. The first kappa shape index (κ1) is 14.0. The maximum Gasteiger partial charge on any atom is 0.320 e. The molecule has 1 saturated heterocycles. The maximum absolute atomic E-state index is 11.8. The summed E-state index contributed by atoms with van der Waals surface area (Å²) in [6.45, 7) is 6.81. The molecule has 1 atom stereocenters. The Morgan fingerprint density at radius 1 is 1.47 bits per heavy atom. The van der Waals surface area contributed by atoms with Crippen molar-refractivity contribution in [1.82, 2.24) is 10.2 Å². The van der Waals surface area contributed by atoms with Crippen LogP contribution in [0.1, 0.15) is 40.0 Å². The van der Waals surface area contributed by atoms with Crippen molar-refractivity contribution in [3.8, 4) is 0 Å². The van der Waals surface area contributed by atoms with Gasteiger partial charge in [-0.3, -0.25) is 14.5 Å². The van der Waals surface area contributed by atoms with Gasteiger partial charge in [0.1, 0.15) is 6.04 Å². The van der Waals surface area contributed by atoms with Gasteiger partial charge in [-0.2, -0.15) is 0 Å². The molecular formula is C12H22N2O3. The molecule has 5 heteroatoms. The lowest BCUT2D eigenvalue weighted by molar-refractivity contribution is -0.142. The minimum atomic E-state index is -0.829. The molecule has 1 aliphatic rings. The Morgan fingerprint density at radius 3 is 2.65 bits per heavy atom. The minimum absolute atomic E-state index is 0.0926. The lowest BCUT2D eigenvalue weighted by atomic mass is 10.0. The molecule has 0 spiro atoms. The molecule has 1 amide bonds. The summed E-state index contributed by atoms with van der Waals surface area (Å²) >= 11 is 0. The first-order valence-electron chi connectivity index (χ1n) is 6.13. The van der Waals surface area contributed by atoms with Gasteiger partial charge in [0.25, 0.3) is 0 Å². The third-order valence-corrected chi connectivity index (χ3v) is 3.36. The fraction of sp³-hybridized carbons (Fsp3) is 0.833. The van der Waals surface area contributed by atoms with E-state index in [1.807, 2.05) is 20.8 Å². The molecule has 0 aromatic heterocycles. The summed E-state index contributed by atoms with van der Waals surface area (Å²) in [6.07, 6.45) is 2.34. The van der Waals surface area contributed by atoms with Gasteiger partial charge in [-0.1, -0.05) is 6.92 Å². The van der Waals surface area contributed by atoms with E-state index in [-0.39, 0.29) is 18.0 Å².